The molecule has 1 aliphatic rings. The van der Waals surface area contributed by atoms with Crippen LogP contribution in [0.2, 0.25) is 0 Å². The highest BCUT2D eigenvalue weighted by molar-refractivity contribution is 9.10. The predicted octanol–water partition coefficient (Wildman–Crippen LogP) is 2.25. The van der Waals surface area contributed by atoms with E-state index in [4.69, 9.17) is 0 Å². The number of halogens is 1. The zero-order valence-corrected chi connectivity index (χ0v) is 14.6. The van der Waals surface area contributed by atoms with Crippen molar-refractivity contribution in [2.45, 2.75) is 25.7 Å². The third-order valence-electron chi connectivity index (χ3n) is 3.79. The maximum Gasteiger partial charge on any atom is 0.273 e. The fourth-order valence-electron chi connectivity index (χ4n) is 2.47. The van der Waals surface area contributed by atoms with Gasteiger partial charge < -0.3 is 10.6 Å². The first-order valence-electron chi connectivity index (χ1n) is 7.91. The standard InChI is InChI=1S/C16H20BrN5O/c1-2-18-9-10-19-16(23)14-15(11-3-4-11)22(21-20-14)13-7-5-12(17)6-8-13/h5-8,11,18H,2-4,9-10H2,1H3,(H,19,23). The Balaban J connectivity index is 1.81. The summed E-state index contributed by atoms with van der Waals surface area (Å²) in [7, 11) is 0. The lowest BCUT2D eigenvalue weighted by molar-refractivity contribution is 0.0948. The van der Waals surface area contributed by atoms with Crippen molar-refractivity contribution < 1.29 is 4.79 Å². The minimum Gasteiger partial charge on any atom is -0.349 e. The first kappa shape index (κ1) is 16.1. The van der Waals surface area contributed by atoms with Crippen molar-refractivity contribution in [2.24, 2.45) is 0 Å². The first-order valence-corrected chi connectivity index (χ1v) is 8.70. The van der Waals surface area contributed by atoms with E-state index in [9.17, 15) is 4.79 Å². The van der Waals surface area contributed by atoms with Crippen molar-refractivity contribution in [3.8, 4) is 5.69 Å². The number of rotatable bonds is 7. The largest absolute Gasteiger partial charge is 0.349 e. The molecule has 2 N–H and O–H groups in total. The van der Waals surface area contributed by atoms with Gasteiger partial charge in [0.25, 0.3) is 5.91 Å². The Hall–Kier alpha value is -1.73. The first-order chi connectivity index (χ1) is 11.2. The number of carbonyl (C=O) groups is 1. The molecule has 0 aliphatic heterocycles. The molecule has 0 spiro atoms. The molecule has 3 rings (SSSR count). The molecule has 122 valence electrons. The Morgan fingerprint density at radius 2 is 2.04 bits per heavy atom. The minimum atomic E-state index is -0.145. The van der Waals surface area contributed by atoms with Crippen LogP contribution in [-0.2, 0) is 0 Å². The lowest BCUT2D eigenvalue weighted by Gasteiger charge is -2.08. The van der Waals surface area contributed by atoms with Crippen molar-refractivity contribution in [3.63, 3.8) is 0 Å². The maximum absolute atomic E-state index is 12.4. The second-order valence-electron chi connectivity index (χ2n) is 5.60. The predicted molar refractivity (Wildman–Crippen MR) is 91.9 cm³/mol. The highest BCUT2D eigenvalue weighted by Crippen LogP contribution is 2.41. The number of hydrogen-bond donors (Lipinski definition) is 2. The summed E-state index contributed by atoms with van der Waals surface area (Å²) < 4.78 is 2.80. The average Bonchev–Trinajstić information content (AvgIpc) is 3.30. The van der Waals surface area contributed by atoms with E-state index in [-0.39, 0.29) is 5.91 Å². The normalized spacial score (nSPS) is 14.0. The molecule has 1 heterocycles. The summed E-state index contributed by atoms with van der Waals surface area (Å²) in [6, 6.07) is 7.86. The molecular formula is C16H20BrN5O. The van der Waals surface area contributed by atoms with Crippen molar-refractivity contribution in [1.82, 2.24) is 25.6 Å². The summed E-state index contributed by atoms with van der Waals surface area (Å²) >= 11 is 3.43. The van der Waals surface area contributed by atoms with Gasteiger partial charge in [0, 0.05) is 23.5 Å². The van der Waals surface area contributed by atoms with Crippen LogP contribution in [0.3, 0.4) is 0 Å². The Morgan fingerprint density at radius 3 is 2.70 bits per heavy atom. The number of likely N-dealkylation sites (N-methyl/N-ethyl adjacent to an activating group) is 1. The molecule has 0 radical (unpaired) electrons. The van der Waals surface area contributed by atoms with Gasteiger partial charge in [0.1, 0.15) is 0 Å². The van der Waals surface area contributed by atoms with Crippen LogP contribution >= 0.6 is 15.9 Å². The lowest BCUT2D eigenvalue weighted by atomic mass is 10.2. The van der Waals surface area contributed by atoms with E-state index < -0.39 is 0 Å². The summed E-state index contributed by atoms with van der Waals surface area (Å²) in [5.74, 6) is 0.233. The van der Waals surface area contributed by atoms with Gasteiger partial charge in [-0.3, -0.25) is 4.79 Å². The van der Waals surface area contributed by atoms with Crippen molar-refractivity contribution in [2.75, 3.05) is 19.6 Å². The molecule has 1 saturated carbocycles. The minimum absolute atomic E-state index is 0.145. The Bertz CT molecular complexity index is 678. The van der Waals surface area contributed by atoms with Gasteiger partial charge in [-0.25, -0.2) is 4.68 Å². The smallest absolute Gasteiger partial charge is 0.273 e. The van der Waals surface area contributed by atoms with Crippen LogP contribution in [0.25, 0.3) is 5.69 Å². The Kier molecular flexibility index (Phi) is 5.07. The van der Waals surface area contributed by atoms with Gasteiger partial charge in [-0.15, -0.1) is 5.10 Å². The molecule has 1 fully saturated rings. The topological polar surface area (TPSA) is 71.8 Å². The van der Waals surface area contributed by atoms with E-state index in [1.165, 1.54) is 0 Å². The van der Waals surface area contributed by atoms with Gasteiger partial charge in [0.15, 0.2) is 5.69 Å². The molecule has 23 heavy (non-hydrogen) atoms. The van der Waals surface area contributed by atoms with E-state index in [1.807, 2.05) is 31.2 Å². The van der Waals surface area contributed by atoms with Crippen molar-refractivity contribution >= 4 is 21.8 Å². The second kappa shape index (κ2) is 7.23. The molecular weight excluding hydrogens is 358 g/mol. The van der Waals surface area contributed by atoms with Gasteiger partial charge >= 0.3 is 0 Å². The van der Waals surface area contributed by atoms with Crippen LogP contribution in [0.4, 0.5) is 0 Å². The van der Waals surface area contributed by atoms with Crippen LogP contribution in [0.1, 0.15) is 41.9 Å². The third-order valence-corrected chi connectivity index (χ3v) is 4.32. The van der Waals surface area contributed by atoms with Crippen LogP contribution in [-0.4, -0.2) is 40.5 Å². The third kappa shape index (κ3) is 3.79. The molecule has 1 aliphatic carbocycles. The molecule has 0 bridgehead atoms. The summed E-state index contributed by atoms with van der Waals surface area (Å²) in [6.07, 6.45) is 2.17. The van der Waals surface area contributed by atoms with Crippen LogP contribution in [0, 0.1) is 0 Å². The van der Waals surface area contributed by atoms with E-state index >= 15 is 0 Å². The monoisotopic (exact) mass is 377 g/mol. The van der Waals surface area contributed by atoms with Crippen LogP contribution < -0.4 is 10.6 Å². The number of aromatic nitrogens is 3. The number of nitrogens with zero attached hydrogens (tertiary/aromatic N) is 3. The van der Waals surface area contributed by atoms with Gasteiger partial charge in [-0.1, -0.05) is 28.1 Å². The second-order valence-corrected chi connectivity index (χ2v) is 6.51. The SMILES string of the molecule is CCNCCNC(=O)c1nnn(-c2ccc(Br)cc2)c1C1CC1. The average molecular weight is 378 g/mol. The van der Waals surface area contributed by atoms with Crippen molar-refractivity contribution in [3.05, 3.63) is 40.1 Å². The number of carbonyl (C=O) groups excluding carboxylic acids is 1. The zero-order chi connectivity index (χ0) is 16.2. The molecule has 2 aromatic rings. The highest BCUT2D eigenvalue weighted by Gasteiger charge is 2.34. The molecule has 6 nitrogen and oxygen atoms in total. The number of nitrogens with one attached hydrogen (secondary N) is 2. The molecule has 0 saturated heterocycles. The quantitative estimate of drug-likeness (QED) is 0.725. The van der Waals surface area contributed by atoms with E-state index in [0.717, 1.165) is 41.8 Å². The van der Waals surface area contributed by atoms with E-state index in [0.29, 0.717) is 18.2 Å². The summed E-state index contributed by atoms with van der Waals surface area (Å²) in [6.45, 7) is 4.27. The zero-order valence-electron chi connectivity index (χ0n) is 13.1. The number of hydrogen-bond acceptors (Lipinski definition) is 4. The lowest BCUT2D eigenvalue weighted by Crippen LogP contribution is -2.32. The molecule has 1 aromatic heterocycles. The van der Waals surface area contributed by atoms with E-state index in [2.05, 4.69) is 36.9 Å². The van der Waals surface area contributed by atoms with Gasteiger partial charge in [0.2, 0.25) is 0 Å². The van der Waals surface area contributed by atoms with E-state index in [1.54, 1.807) is 4.68 Å². The van der Waals surface area contributed by atoms with Crippen LogP contribution in [0.5, 0.6) is 0 Å². The molecule has 7 heteroatoms. The van der Waals surface area contributed by atoms with Gasteiger partial charge in [-0.05, 0) is 43.7 Å². The van der Waals surface area contributed by atoms with Crippen molar-refractivity contribution in [1.29, 1.82) is 0 Å². The van der Waals surface area contributed by atoms with Crippen LogP contribution in [0.15, 0.2) is 28.7 Å². The maximum atomic E-state index is 12.4. The Morgan fingerprint density at radius 1 is 1.30 bits per heavy atom. The van der Waals surface area contributed by atoms with Gasteiger partial charge in [0.05, 0.1) is 11.4 Å². The number of amides is 1. The molecule has 0 atom stereocenters. The summed E-state index contributed by atoms with van der Waals surface area (Å²) in [5, 5.41) is 14.4. The summed E-state index contributed by atoms with van der Waals surface area (Å²) in [5.41, 5.74) is 2.30. The van der Waals surface area contributed by atoms with Gasteiger partial charge in [-0.2, -0.15) is 0 Å². The summed E-state index contributed by atoms with van der Waals surface area (Å²) in [4.78, 5) is 12.4. The fourth-order valence-corrected chi connectivity index (χ4v) is 2.74. The number of benzene rings is 1. The molecule has 0 unspecified atom stereocenters. The highest BCUT2D eigenvalue weighted by atomic mass is 79.9. The molecule has 1 aromatic carbocycles. The molecule has 1 amide bonds. The Labute approximate surface area is 143 Å². The fraction of sp³-hybridized carbons (Fsp3) is 0.438.